The van der Waals surface area contributed by atoms with E-state index in [1.165, 1.54) is 29.5 Å². The lowest BCUT2D eigenvalue weighted by Gasteiger charge is -2.29. The molecule has 18 heteroatoms. The van der Waals surface area contributed by atoms with Crippen LogP contribution in [-0.2, 0) is 29.2 Å². The number of aryl methyl sites for hydroxylation is 2. The predicted octanol–water partition coefficient (Wildman–Crippen LogP) is 3.75. The number of hydrogen-bond acceptors (Lipinski definition) is 16. The molecule has 0 unspecified atom stereocenters. The van der Waals surface area contributed by atoms with E-state index in [4.69, 9.17) is 14.3 Å². The van der Waals surface area contributed by atoms with Crippen LogP contribution < -0.4 is 36.4 Å². The van der Waals surface area contributed by atoms with Crippen molar-refractivity contribution in [1.82, 2.24) is 39.4 Å². The van der Waals surface area contributed by atoms with E-state index in [0.29, 0.717) is 72.3 Å². The molecule has 61 heavy (non-hydrogen) atoms. The molecule has 0 bridgehead atoms. The van der Waals surface area contributed by atoms with Gasteiger partial charge in [-0.3, -0.25) is 9.59 Å². The quantitative estimate of drug-likeness (QED) is 0.159. The average molecular weight is 827 g/mol. The molecule has 314 valence electrons. The topological polar surface area (TPSA) is 200 Å². The van der Waals surface area contributed by atoms with Crippen LogP contribution in [0.15, 0.2) is 101 Å². The first-order chi connectivity index (χ1) is 29.9. The molecule has 8 heterocycles. The molecule has 2 saturated heterocycles. The lowest BCUT2D eigenvalue weighted by Crippen LogP contribution is -2.37. The molecule has 0 spiro atoms. The standard InChI is InChI=1S/C25H26N6O3.C18H20N6O3/c1-18-23-21(27-15-20-8-5-9-26-24(20)30-10-12-33-13-11-30)14-22(32)31(25(23)29-17-28-18)34-16-19-6-3-2-4-7-19;1-12-16-14(9-15(25)24(26)18(16)22-11-21-12)20-10-13-3-2-4-19-17(13)23-5-7-27-8-6-23/h2-9,14,17,27H,10-13,15-16H2,1H3;2-4,9,11,20,26H,5-8,10H2,1H3. The molecule has 6 aromatic heterocycles. The fourth-order valence-corrected chi connectivity index (χ4v) is 7.34. The van der Waals surface area contributed by atoms with Crippen molar-refractivity contribution in [3.05, 3.63) is 141 Å². The van der Waals surface area contributed by atoms with E-state index < -0.39 is 5.56 Å². The van der Waals surface area contributed by atoms with Gasteiger partial charge in [0.2, 0.25) is 0 Å². The van der Waals surface area contributed by atoms with Crippen molar-refractivity contribution < 1.29 is 19.5 Å². The molecule has 2 aliphatic heterocycles. The van der Waals surface area contributed by atoms with E-state index >= 15 is 0 Å². The van der Waals surface area contributed by atoms with Crippen molar-refractivity contribution in [2.75, 3.05) is 73.0 Å². The molecule has 0 aliphatic carbocycles. The fraction of sp³-hybridized carbons (Fsp3) is 0.302. The number of pyridine rings is 4. The van der Waals surface area contributed by atoms with Crippen LogP contribution in [0.4, 0.5) is 23.0 Å². The van der Waals surface area contributed by atoms with Crippen molar-refractivity contribution in [2.24, 2.45) is 0 Å². The number of fused-ring (bicyclic) bond motifs is 2. The number of ether oxygens (including phenoxy) is 2. The third-order valence-corrected chi connectivity index (χ3v) is 10.4. The summed E-state index contributed by atoms with van der Waals surface area (Å²) < 4.78 is 12.7. The first-order valence-electron chi connectivity index (χ1n) is 20.0. The highest BCUT2D eigenvalue weighted by Gasteiger charge is 2.20. The number of benzene rings is 1. The molecule has 9 rings (SSSR count). The Morgan fingerprint density at radius 2 is 1.15 bits per heavy atom. The van der Waals surface area contributed by atoms with Gasteiger partial charge in [0.05, 0.1) is 60.0 Å². The van der Waals surface area contributed by atoms with Crippen LogP contribution in [0.2, 0.25) is 0 Å². The lowest BCUT2D eigenvalue weighted by molar-refractivity contribution is 0.0979. The van der Waals surface area contributed by atoms with Crippen LogP contribution in [0.1, 0.15) is 28.1 Å². The van der Waals surface area contributed by atoms with Gasteiger partial charge in [-0.15, -0.1) is 9.46 Å². The maximum absolute atomic E-state index is 13.0. The second-order valence-electron chi connectivity index (χ2n) is 14.4. The highest BCUT2D eigenvalue weighted by atomic mass is 16.7. The SMILES string of the molecule is Cc1ncnc2c1c(NCc1cccnc1N1CCOCC1)cc(=O)n2O.Cc1ncnc2c1c(NCc1cccnc1N1CCOCC1)cc(=O)n2OCc1ccccc1. The highest BCUT2D eigenvalue weighted by molar-refractivity contribution is 5.91. The summed E-state index contributed by atoms with van der Waals surface area (Å²) in [4.78, 5) is 61.4. The van der Waals surface area contributed by atoms with E-state index in [1.54, 1.807) is 12.4 Å². The second-order valence-corrected chi connectivity index (χ2v) is 14.4. The number of rotatable bonds is 11. The Morgan fingerprint density at radius 1 is 0.639 bits per heavy atom. The summed E-state index contributed by atoms with van der Waals surface area (Å²) in [6.45, 7) is 10.8. The first-order valence-corrected chi connectivity index (χ1v) is 20.0. The third-order valence-electron chi connectivity index (χ3n) is 10.4. The Kier molecular flexibility index (Phi) is 12.5. The number of nitrogens with zero attached hydrogens (tertiary/aromatic N) is 10. The molecule has 2 fully saturated rings. The van der Waals surface area contributed by atoms with Gasteiger partial charge in [-0.2, -0.15) is 0 Å². The normalized spacial score (nSPS) is 14.1. The molecule has 3 N–H and O–H groups in total. The smallest absolute Gasteiger partial charge is 0.287 e. The van der Waals surface area contributed by atoms with Crippen LogP contribution in [0.25, 0.3) is 22.1 Å². The summed E-state index contributed by atoms with van der Waals surface area (Å²) in [5.41, 5.74) is 5.43. The summed E-state index contributed by atoms with van der Waals surface area (Å²) >= 11 is 0. The number of aromatic nitrogens is 8. The zero-order valence-electron chi connectivity index (χ0n) is 33.9. The van der Waals surface area contributed by atoms with Gasteiger partial charge in [0, 0.05) is 74.9 Å². The van der Waals surface area contributed by atoms with Gasteiger partial charge in [0.25, 0.3) is 11.1 Å². The number of morpholine rings is 2. The van der Waals surface area contributed by atoms with Gasteiger partial charge >= 0.3 is 0 Å². The second kappa shape index (κ2) is 18.8. The third kappa shape index (κ3) is 9.19. The molecule has 0 radical (unpaired) electrons. The Morgan fingerprint density at radius 3 is 1.70 bits per heavy atom. The molecule has 0 atom stereocenters. The molecule has 0 amide bonds. The minimum absolute atomic E-state index is 0.178. The van der Waals surface area contributed by atoms with Gasteiger partial charge < -0.3 is 40.0 Å². The predicted molar refractivity (Wildman–Crippen MR) is 230 cm³/mol. The van der Waals surface area contributed by atoms with E-state index in [9.17, 15) is 14.8 Å². The van der Waals surface area contributed by atoms with Crippen LogP contribution in [0.3, 0.4) is 0 Å². The van der Waals surface area contributed by atoms with Gasteiger partial charge in [-0.25, -0.2) is 29.9 Å². The first kappa shape index (κ1) is 40.6. The summed E-state index contributed by atoms with van der Waals surface area (Å²) in [5.74, 6) is 1.83. The minimum atomic E-state index is -0.553. The van der Waals surface area contributed by atoms with E-state index in [2.05, 4.69) is 50.3 Å². The summed E-state index contributed by atoms with van der Waals surface area (Å²) in [6.07, 6.45) is 6.34. The fourth-order valence-electron chi connectivity index (χ4n) is 7.34. The van der Waals surface area contributed by atoms with Crippen LogP contribution in [-0.4, -0.2) is 97.2 Å². The van der Waals surface area contributed by atoms with Crippen molar-refractivity contribution in [2.45, 2.75) is 33.5 Å². The molecular formula is C43H46N12O6. The van der Waals surface area contributed by atoms with Gasteiger partial charge in [0.15, 0.2) is 11.3 Å². The highest BCUT2D eigenvalue weighted by Crippen LogP contribution is 2.27. The number of nitrogens with one attached hydrogen (secondary N) is 2. The van der Waals surface area contributed by atoms with Crippen molar-refractivity contribution >= 4 is 45.1 Å². The Hall–Kier alpha value is -7.18. The zero-order chi connectivity index (χ0) is 42.1. The summed E-state index contributed by atoms with van der Waals surface area (Å²) in [6, 6.07) is 20.4. The lowest BCUT2D eigenvalue weighted by atomic mass is 10.2. The van der Waals surface area contributed by atoms with Gasteiger partial charge in [-0.1, -0.05) is 42.5 Å². The maximum atomic E-state index is 13.0. The summed E-state index contributed by atoms with van der Waals surface area (Å²) in [5, 5.41) is 18.0. The molecule has 1 aromatic carbocycles. The average Bonchev–Trinajstić information content (AvgIpc) is 3.30. The molecule has 0 saturated carbocycles. The van der Waals surface area contributed by atoms with Crippen LogP contribution in [0, 0.1) is 13.8 Å². The summed E-state index contributed by atoms with van der Waals surface area (Å²) in [7, 11) is 0. The van der Waals surface area contributed by atoms with Gasteiger partial charge in [0.1, 0.15) is 30.9 Å². The monoisotopic (exact) mass is 826 g/mol. The molecule has 2 aliphatic rings. The van der Waals surface area contributed by atoms with Crippen LogP contribution in [0.5, 0.6) is 0 Å². The van der Waals surface area contributed by atoms with Crippen molar-refractivity contribution in [1.29, 1.82) is 0 Å². The molecular weight excluding hydrogens is 781 g/mol. The molecule has 7 aromatic rings. The van der Waals surface area contributed by atoms with Crippen LogP contribution >= 0.6 is 0 Å². The van der Waals surface area contributed by atoms with Gasteiger partial charge in [-0.05, 0) is 31.5 Å². The maximum Gasteiger partial charge on any atom is 0.287 e. The van der Waals surface area contributed by atoms with Crippen molar-refractivity contribution in [3.8, 4) is 0 Å². The van der Waals surface area contributed by atoms with E-state index in [0.717, 1.165) is 65.6 Å². The number of anilines is 4. The Labute approximate surface area is 350 Å². The number of hydrogen-bond donors (Lipinski definition) is 3. The minimum Gasteiger partial charge on any atom is -0.423 e. The van der Waals surface area contributed by atoms with E-state index in [-0.39, 0.29) is 17.8 Å². The molecule has 18 nitrogen and oxygen atoms in total. The Balaban J connectivity index is 0.000000173. The zero-order valence-corrected chi connectivity index (χ0v) is 33.9. The largest absolute Gasteiger partial charge is 0.423 e. The van der Waals surface area contributed by atoms with E-state index in [1.807, 2.05) is 68.4 Å². The van der Waals surface area contributed by atoms with Crippen molar-refractivity contribution in [3.63, 3.8) is 0 Å². The Bertz CT molecular complexity index is 2740.